The summed E-state index contributed by atoms with van der Waals surface area (Å²) in [6.07, 6.45) is 3.91. The van der Waals surface area contributed by atoms with Gasteiger partial charge in [-0.3, -0.25) is 0 Å². The number of hydrogen-bond donors (Lipinski definition) is 2. The van der Waals surface area contributed by atoms with Crippen molar-refractivity contribution in [2.45, 2.75) is 38.7 Å². The molecule has 2 heteroatoms. The minimum atomic E-state index is -0.146. The topological polar surface area (TPSA) is 40.5 Å². The molecule has 1 fully saturated rings. The van der Waals surface area contributed by atoms with Gasteiger partial charge in [0.25, 0.3) is 0 Å². The molecule has 0 aromatic heterocycles. The average molecular weight is 158 g/mol. The Balaban J connectivity index is 2.42. The lowest BCUT2D eigenvalue weighted by molar-refractivity contribution is 0.0918. The SMILES string of the molecule is CCCC1C(O)CCC1CO. The molecule has 0 saturated heterocycles. The summed E-state index contributed by atoms with van der Waals surface area (Å²) < 4.78 is 0. The third kappa shape index (κ3) is 1.94. The highest BCUT2D eigenvalue weighted by atomic mass is 16.3. The Morgan fingerprint density at radius 3 is 2.64 bits per heavy atom. The molecule has 66 valence electrons. The van der Waals surface area contributed by atoms with E-state index >= 15 is 0 Å². The van der Waals surface area contributed by atoms with Crippen molar-refractivity contribution in [1.29, 1.82) is 0 Å². The van der Waals surface area contributed by atoms with E-state index in [1.54, 1.807) is 0 Å². The fraction of sp³-hybridized carbons (Fsp3) is 1.00. The molecule has 0 aliphatic heterocycles. The molecule has 1 aliphatic carbocycles. The Morgan fingerprint density at radius 2 is 2.09 bits per heavy atom. The maximum Gasteiger partial charge on any atom is 0.0572 e. The molecule has 2 N–H and O–H groups in total. The molecule has 0 amide bonds. The summed E-state index contributed by atoms with van der Waals surface area (Å²) in [5.74, 6) is 0.731. The summed E-state index contributed by atoms with van der Waals surface area (Å²) in [6.45, 7) is 2.38. The molecule has 0 spiro atoms. The zero-order valence-corrected chi connectivity index (χ0v) is 7.16. The summed E-state index contributed by atoms with van der Waals surface area (Å²) in [5, 5.41) is 18.5. The van der Waals surface area contributed by atoms with Gasteiger partial charge in [0.1, 0.15) is 0 Å². The van der Waals surface area contributed by atoms with Crippen LogP contribution in [0, 0.1) is 11.8 Å². The van der Waals surface area contributed by atoms with E-state index in [-0.39, 0.29) is 12.7 Å². The monoisotopic (exact) mass is 158 g/mol. The molecule has 0 bridgehead atoms. The van der Waals surface area contributed by atoms with Gasteiger partial charge in [-0.05, 0) is 31.1 Å². The number of aliphatic hydroxyl groups excluding tert-OH is 2. The maximum atomic E-state index is 9.51. The lowest BCUT2D eigenvalue weighted by Gasteiger charge is -2.19. The first-order chi connectivity index (χ1) is 5.29. The van der Waals surface area contributed by atoms with Gasteiger partial charge in [-0.25, -0.2) is 0 Å². The van der Waals surface area contributed by atoms with E-state index in [1.807, 2.05) is 0 Å². The fourth-order valence-corrected chi connectivity index (χ4v) is 2.12. The Hall–Kier alpha value is -0.0800. The second-order valence-electron chi connectivity index (χ2n) is 3.54. The first-order valence-corrected chi connectivity index (χ1v) is 4.58. The quantitative estimate of drug-likeness (QED) is 0.647. The third-order valence-corrected chi connectivity index (χ3v) is 2.79. The summed E-state index contributed by atoms with van der Waals surface area (Å²) >= 11 is 0. The normalized spacial score (nSPS) is 37.9. The first kappa shape index (κ1) is 9.01. The van der Waals surface area contributed by atoms with Crippen LogP contribution in [0.5, 0.6) is 0 Å². The van der Waals surface area contributed by atoms with E-state index in [0.717, 1.165) is 25.7 Å². The van der Waals surface area contributed by atoms with E-state index in [9.17, 15) is 5.11 Å². The van der Waals surface area contributed by atoms with E-state index in [1.165, 1.54) is 0 Å². The van der Waals surface area contributed by atoms with Crippen LogP contribution in [0.4, 0.5) is 0 Å². The van der Waals surface area contributed by atoms with Gasteiger partial charge < -0.3 is 10.2 Å². The zero-order chi connectivity index (χ0) is 8.27. The summed E-state index contributed by atoms with van der Waals surface area (Å²) in [4.78, 5) is 0. The smallest absolute Gasteiger partial charge is 0.0572 e. The van der Waals surface area contributed by atoms with E-state index in [0.29, 0.717) is 11.8 Å². The average Bonchev–Trinajstić information content (AvgIpc) is 2.34. The Kier molecular flexibility index (Phi) is 3.34. The van der Waals surface area contributed by atoms with Gasteiger partial charge in [0.15, 0.2) is 0 Å². The third-order valence-electron chi connectivity index (χ3n) is 2.79. The van der Waals surface area contributed by atoms with Gasteiger partial charge in [0.2, 0.25) is 0 Å². The second-order valence-corrected chi connectivity index (χ2v) is 3.54. The van der Waals surface area contributed by atoms with Crippen molar-refractivity contribution in [3.63, 3.8) is 0 Å². The number of aliphatic hydroxyl groups is 2. The Morgan fingerprint density at radius 1 is 1.36 bits per heavy atom. The van der Waals surface area contributed by atoms with Crippen LogP contribution < -0.4 is 0 Å². The molecule has 0 heterocycles. The standard InChI is InChI=1S/C9H18O2/c1-2-3-8-7(6-10)4-5-9(8)11/h7-11H,2-6H2,1H3. The lowest BCUT2D eigenvalue weighted by Crippen LogP contribution is -2.20. The number of hydrogen-bond acceptors (Lipinski definition) is 2. The van der Waals surface area contributed by atoms with Crippen LogP contribution in [0.25, 0.3) is 0 Å². The largest absolute Gasteiger partial charge is 0.396 e. The molecule has 1 aliphatic rings. The fourth-order valence-electron chi connectivity index (χ4n) is 2.12. The molecule has 0 radical (unpaired) electrons. The van der Waals surface area contributed by atoms with Crippen LogP contribution in [-0.4, -0.2) is 22.9 Å². The predicted molar refractivity (Wildman–Crippen MR) is 44.2 cm³/mol. The molecular weight excluding hydrogens is 140 g/mol. The van der Waals surface area contributed by atoms with Crippen molar-refractivity contribution in [2.24, 2.45) is 11.8 Å². The highest BCUT2D eigenvalue weighted by molar-refractivity contribution is 4.83. The lowest BCUT2D eigenvalue weighted by atomic mass is 9.91. The molecule has 11 heavy (non-hydrogen) atoms. The minimum Gasteiger partial charge on any atom is -0.396 e. The van der Waals surface area contributed by atoms with Gasteiger partial charge in [-0.15, -0.1) is 0 Å². The van der Waals surface area contributed by atoms with Crippen LogP contribution in [0.3, 0.4) is 0 Å². The molecule has 3 atom stereocenters. The van der Waals surface area contributed by atoms with E-state index < -0.39 is 0 Å². The van der Waals surface area contributed by atoms with Gasteiger partial charge in [-0.1, -0.05) is 13.3 Å². The van der Waals surface area contributed by atoms with Crippen LogP contribution in [-0.2, 0) is 0 Å². The maximum absolute atomic E-state index is 9.51. The van der Waals surface area contributed by atoms with Gasteiger partial charge in [0.05, 0.1) is 6.10 Å². The summed E-state index contributed by atoms with van der Waals surface area (Å²) in [5.41, 5.74) is 0. The minimum absolute atomic E-state index is 0.146. The van der Waals surface area contributed by atoms with E-state index in [2.05, 4.69) is 6.92 Å². The molecule has 0 aromatic carbocycles. The molecule has 1 saturated carbocycles. The molecule has 1 rings (SSSR count). The Bertz CT molecular complexity index is 114. The van der Waals surface area contributed by atoms with Gasteiger partial charge in [0, 0.05) is 6.61 Å². The number of rotatable bonds is 3. The highest BCUT2D eigenvalue weighted by Crippen LogP contribution is 2.34. The van der Waals surface area contributed by atoms with Crippen molar-refractivity contribution in [3.8, 4) is 0 Å². The molecule has 0 aromatic rings. The molecule has 3 unspecified atom stereocenters. The molecule has 2 nitrogen and oxygen atoms in total. The van der Waals surface area contributed by atoms with Crippen LogP contribution >= 0.6 is 0 Å². The first-order valence-electron chi connectivity index (χ1n) is 4.58. The van der Waals surface area contributed by atoms with Crippen LogP contribution in [0.1, 0.15) is 32.6 Å². The molecular formula is C9H18O2. The summed E-state index contributed by atoms with van der Waals surface area (Å²) in [6, 6.07) is 0. The van der Waals surface area contributed by atoms with Crippen LogP contribution in [0.15, 0.2) is 0 Å². The van der Waals surface area contributed by atoms with Crippen molar-refractivity contribution < 1.29 is 10.2 Å². The zero-order valence-electron chi connectivity index (χ0n) is 7.16. The van der Waals surface area contributed by atoms with Crippen molar-refractivity contribution in [3.05, 3.63) is 0 Å². The van der Waals surface area contributed by atoms with E-state index in [4.69, 9.17) is 5.11 Å². The highest BCUT2D eigenvalue weighted by Gasteiger charge is 2.33. The van der Waals surface area contributed by atoms with Crippen molar-refractivity contribution in [1.82, 2.24) is 0 Å². The predicted octanol–water partition coefficient (Wildman–Crippen LogP) is 1.17. The Labute approximate surface area is 68.2 Å². The summed E-state index contributed by atoms with van der Waals surface area (Å²) in [7, 11) is 0. The van der Waals surface area contributed by atoms with Crippen molar-refractivity contribution in [2.75, 3.05) is 6.61 Å². The van der Waals surface area contributed by atoms with Gasteiger partial charge in [-0.2, -0.15) is 0 Å². The van der Waals surface area contributed by atoms with Gasteiger partial charge >= 0.3 is 0 Å². The second kappa shape index (κ2) is 4.07. The van der Waals surface area contributed by atoms with Crippen molar-refractivity contribution >= 4 is 0 Å². The van der Waals surface area contributed by atoms with Crippen LogP contribution in [0.2, 0.25) is 0 Å².